The van der Waals surface area contributed by atoms with Crippen molar-refractivity contribution < 1.29 is 0 Å². The maximum absolute atomic E-state index is 5.41. The lowest BCUT2D eigenvalue weighted by Crippen LogP contribution is -2.17. The maximum Gasteiger partial charge on any atom is 0.0555 e. The summed E-state index contributed by atoms with van der Waals surface area (Å²) >= 11 is 0. The number of nitrogens with zero attached hydrogens (tertiary/aromatic N) is 1. The highest BCUT2D eigenvalue weighted by Gasteiger charge is 2.02. The van der Waals surface area contributed by atoms with E-state index in [1.807, 2.05) is 6.07 Å². The number of rotatable bonds is 4. The second kappa shape index (κ2) is 7.64. The lowest BCUT2D eigenvalue weighted by atomic mass is 10.1. The minimum atomic E-state index is 0.400. The summed E-state index contributed by atoms with van der Waals surface area (Å²) in [6.45, 7) is 4.37. The van der Waals surface area contributed by atoms with Gasteiger partial charge in [-0.15, -0.1) is 0 Å². The average molecular weight is 278 g/mol. The number of aryl methyl sites for hydroxylation is 1. The first-order chi connectivity index (χ1) is 10.2. The predicted molar refractivity (Wildman–Crippen MR) is 88.7 cm³/mol. The first kappa shape index (κ1) is 15.3. The van der Waals surface area contributed by atoms with E-state index in [-0.39, 0.29) is 0 Å². The first-order valence-electron chi connectivity index (χ1n) is 7.19. The Hall–Kier alpha value is -2.08. The van der Waals surface area contributed by atoms with Crippen molar-refractivity contribution in [2.45, 2.75) is 20.0 Å². The molecule has 2 nitrogen and oxygen atoms in total. The molecule has 2 aromatic rings. The zero-order valence-electron chi connectivity index (χ0n) is 12.8. The lowest BCUT2D eigenvalue weighted by Gasteiger charge is -2.17. The number of hydrogen-bond donors (Lipinski definition) is 1. The largest absolute Gasteiger partial charge is 0.320 e. The van der Waals surface area contributed by atoms with Crippen LogP contribution in [0.15, 0.2) is 48.5 Å². The normalized spacial score (nSPS) is 10.3. The van der Waals surface area contributed by atoms with Crippen LogP contribution in [0.5, 0.6) is 0 Å². The van der Waals surface area contributed by atoms with Gasteiger partial charge in [0.1, 0.15) is 0 Å². The third-order valence-electron chi connectivity index (χ3n) is 3.29. The Morgan fingerprint density at radius 1 is 1.00 bits per heavy atom. The van der Waals surface area contributed by atoms with Crippen LogP contribution in [-0.4, -0.2) is 18.5 Å². The van der Waals surface area contributed by atoms with Gasteiger partial charge in [-0.3, -0.25) is 4.90 Å². The van der Waals surface area contributed by atoms with Crippen LogP contribution in [0.3, 0.4) is 0 Å². The van der Waals surface area contributed by atoms with Crippen molar-refractivity contribution in [1.29, 1.82) is 0 Å². The van der Waals surface area contributed by atoms with Gasteiger partial charge in [-0.05, 0) is 37.2 Å². The van der Waals surface area contributed by atoms with Crippen LogP contribution in [0.25, 0.3) is 0 Å². The molecule has 0 radical (unpaired) electrons. The molecule has 0 unspecified atom stereocenters. The van der Waals surface area contributed by atoms with Gasteiger partial charge in [0.15, 0.2) is 0 Å². The van der Waals surface area contributed by atoms with Crippen molar-refractivity contribution in [3.63, 3.8) is 0 Å². The van der Waals surface area contributed by atoms with Gasteiger partial charge in [0.2, 0.25) is 0 Å². The smallest absolute Gasteiger partial charge is 0.0555 e. The van der Waals surface area contributed by atoms with Gasteiger partial charge in [-0.1, -0.05) is 53.8 Å². The highest BCUT2D eigenvalue weighted by atomic mass is 15.1. The molecule has 2 heteroatoms. The molecule has 2 N–H and O–H groups in total. The molecule has 0 saturated heterocycles. The summed E-state index contributed by atoms with van der Waals surface area (Å²) in [6, 6.07) is 17.0. The Kier molecular flexibility index (Phi) is 5.57. The number of nitrogens with two attached hydrogens (primary N) is 1. The van der Waals surface area contributed by atoms with E-state index in [9.17, 15) is 0 Å². The van der Waals surface area contributed by atoms with Crippen molar-refractivity contribution in [2.75, 3.05) is 13.6 Å². The molecule has 21 heavy (non-hydrogen) atoms. The van der Waals surface area contributed by atoms with E-state index in [2.05, 4.69) is 73.2 Å². The second-order valence-electron chi connectivity index (χ2n) is 5.36. The van der Waals surface area contributed by atoms with Gasteiger partial charge in [-0.25, -0.2) is 0 Å². The molecule has 0 bridgehead atoms. The second-order valence-corrected chi connectivity index (χ2v) is 5.36. The molecule has 0 spiro atoms. The van der Waals surface area contributed by atoms with Gasteiger partial charge in [0, 0.05) is 18.7 Å². The minimum absolute atomic E-state index is 0.400. The Labute approximate surface area is 127 Å². The molecule has 0 aromatic heterocycles. The number of hydrogen-bond acceptors (Lipinski definition) is 2. The molecule has 0 atom stereocenters. The lowest BCUT2D eigenvalue weighted by molar-refractivity contribution is 0.319. The maximum atomic E-state index is 5.41. The Morgan fingerprint density at radius 3 is 2.43 bits per heavy atom. The van der Waals surface area contributed by atoms with E-state index in [4.69, 9.17) is 5.73 Å². The predicted octanol–water partition coefficient (Wildman–Crippen LogP) is 2.94. The summed E-state index contributed by atoms with van der Waals surface area (Å²) in [4.78, 5) is 2.31. The Bertz CT molecular complexity index is 633. The minimum Gasteiger partial charge on any atom is -0.320 e. The standard InChI is InChI=1S/C19H22N2/c1-16-8-10-18(11-9-16)14-21(2)15-19-6-3-5-17(13-19)7-4-12-20/h3,5-6,8-11,13H,12,14-15,20H2,1-2H3. The summed E-state index contributed by atoms with van der Waals surface area (Å²) in [5.41, 5.74) is 10.3. The molecule has 0 aliphatic rings. The molecule has 0 heterocycles. The van der Waals surface area contributed by atoms with Crippen molar-refractivity contribution in [1.82, 2.24) is 4.90 Å². The average Bonchev–Trinajstić information content (AvgIpc) is 2.48. The molecule has 2 aromatic carbocycles. The molecule has 0 fully saturated rings. The van der Waals surface area contributed by atoms with E-state index in [1.165, 1.54) is 16.7 Å². The van der Waals surface area contributed by atoms with Gasteiger partial charge in [0.25, 0.3) is 0 Å². The summed E-state index contributed by atoms with van der Waals surface area (Å²) in [5, 5.41) is 0. The Morgan fingerprint density at radius 2 is 1.71 bits per heavy atom. The zero-order chi connectivity index (χ0) is 15.1. The molecular weight excluding hydrogens is 256 g/mol. The van der Waals surface area contributed by atoms with Crippen LogP contribution in [0.1, 0.15) is 22.3 Å². The van der Waals surface area contributed by atoms with Crippen LogP contribution in [0, 0.1) is 18.8 Å². The highest BCUT2D eigenvalue weighted by molar-refractivity contribution is 5.37. The van der Waals surface area contributed by atoms with Gasteiger partial charge in [-0.2, -0.15) is 0 Å². The van der Waals surface area contributed by atoms with E-state index < -0.39 is 0 Å². The Balaban J connectivity index is 1.99. The first-order valence-corrected chi connectivity index (χ1v) is 7.19. The third-order valence-corrected chi connectivity index (χ3v) is 3.29. The molecule has 2 rings (SSSR count). The highest BCUT2D eigenvalue weighted by Crippen LogP contribution is 2.10. The quantitative estimate of drug-likeness (QED) is 0.871. The summed E-state index contributed by atoms with van der Waals surface area (Å²) in [7, 11) is 2.14. The van der Waals surface area contributed by atoms with Crippen LogP contribution < -0.4 is 5.73 Å². The van der Waals surface area contributed by atoms with Gasteiger partial charge in [0.05, 0.1) is 6.54 Å². The summed E-state index contributed by atoms with van der Waals surface area (Å²) in [5.74, 6) is 5.97. The molecule has 108 valence electrons. The molecule has 0 saturated carbocycles. The summed E-state index contributed by atoms with van der Waals surface area (Å²) < 4.78 is 0. The van der Waals surface area contributed by atoms with Gasteiger partial charge >= 0.3 is 0 Å². The summed E-state index contributed by atoms with van der Waals surface area (Å²) in [6.07, 6.45) is 0. The van der Waals surface area contributed by atoms with E-state index >= 15 is 0 Å². The SMILES string of the molecule is Cc1ccc(CN(C)Cc2cccc(C#CCN)c2)cc1. The van der Waals surface area contributed by atoms with Crippen molar-refractivity contribution >= 4 is 0 Å². The van der Waals surface area contributed by atoms with Crippen molar-refractivity contribution in [3.05, 3.63) is 70.8 Å². The van der Waals surface area contributed by atoms with E-state index in [0.717, 1.165) is 18.7 Å². The fourth-order valence-corrected chi connectivity index (χ4v) is 2.27. The topological polar surface area (TPSA) is 29.3 Å². The molecule has 0 aliphatic heterocycles. The molecule has 0 amide bonds. The zero-order valence-corrected chi connectivity index (χ0v) is 12.8. The van der Waals surface area contributed by atoms with Crippen LogP contribution in [0.2, 0.25) is 0 Å². The van der Waals surface area contributed by atoms with Crippen molar-refractivity contribution in [3.8, 4) is 11.8 Å². The van der Waals surface area contributed by atoms with Crippen LogP contribution in [-0.2, 0) is 13.1 Å². The number of benzene rings is 2. The van der Waals surface area contributed by atoms with Crippen LogP contribution >= 0.6 is 0 Å². The van der Waals surface area contributed by atoms with Crippen molar-refractivity contribution in [2.24, 2.45) is 5.73 Å². The van der Waals surface area contributed by atoms with E-state index in [1.54, 1.807) is 0 Å². The van der Waals surface area contributed by atoms with E-state index in [0.29, 0.717) is 6.54 Å². The molecular formula is C19H22N2. The van der Waals surface area contributed by atoms with Gasteiger partial charge < -0.3 is 5.73 Å². The molecule has 0 aliphatic carbocycles. The fourth-order valence-electron chi connectivity index (χ4n) is 2.27. The monoisotopic (exact) mass is 278 g/mol. The van der Waals surface area contributed by atoms with Crippen LogP contribution in [0.4, 0.5) is 0 Å². The third kappa shape index (κ3) is 5.07. The fraction of sp³-hybridized carbons (Fsp3) is 0.263.